The number of aromatic nitrogens is 3. The van der Waals surface area contributed by atoms with Crippen molar-refractivity contribution in [3.63, 3.8) is 0 Å². The average molecular weight is 256 g/mol. The first-order valence-corrected chi connectivity index (χ1v) is 7.37. The first-order valence-electron chi connectivity index (χ1n) is 7.37. The summed E-state index contributed by atoms with van der Waals surface area (Å²) in [6, 6.07) is 5.19. The van der Waals surface area contributed by atoms with Crippen molar-refractivity contribution in [1.82, 2.24) is 19.4 Å². The third kappa shape index (κ3) is 1.70. The van der Waals surface area contributed by atoms with Gasteiger partial charge in [0, 0.05) is 12.2 Å². The van der Waals surface area contributed by atoms with Crippen molar-refractivity contribution in [2.45, 2.75) is 44.2 Å². The van der Waals surface area contributed by atoms with Crippen LogP contribution in [0.1, 0.15) is 50.0 Å². The van der Waals surface area contributed by atoms with E-state index >= 15 is 0 Å². The largest absolute Gasteiger partial charge is 0.308 e. The smallest absolute Gasteiger partial charge is 0.160 e. The molecule has 1 aliphatic heterocycles. The SMILES string of the molecule is CN1CCCC1c1nc2cccnc2n1C1CCC1. The van der Waals surface area contributed by atoms with Gasteiger partial charge in [0.25, 0.3) is 0 Å². The van der Waals surface area contributed by atoms with E-state index in [1.807, 2.05) is 12.3 Å². The standard InChI is InChI=1S/C15H20N4/c1-18-10-4-8-13(18)15-17-12-7-3-9-16-14(12)19(15)11-5-2-6-11/h3,7,9,11,13H,2,4-6,8,10H2,1H3. The van der Waals surface area contributed by atoms with E-state index in [2.05, 4.69) is 27.6 Å². The molecule has 1 aliphatic carbocycles. The highest BCUT2D eigenvalue weighted by molar-refractivity contribution is 5.71. The maximum absolute atomic E-state index is 4.91. The Hall–Kier alpha value is -1.42. The Morgan fingerprint density at radius 2 is 2.11 bits per heavy atom. The van der Waals surface area contributed by atoms with Crippen LogP contribution < -0.4 is 0 Å². The summed E-state index contributed by atoms with van der Waals surface area (Å²) in [5.74, 6) is 1.25. The number of nitrogens with zero attached hydrogens (tertiary/aromatic N) is 4. The Kier molecular flexibility index (Phi) is 2.58. The van der Waals surface area contributed by atoms with Gasteiger partial charge in [-0.15, -0.1) is 0 Å². The normalized spacial score (nSPS) is 25.0. The van der Waals surface area contributed by atoms with Gasteiger partial charge in [0.05, 0.1) is 6.04 Å². The molecule has 1 saturated carbocycles. The zero-order chi connectivity index (χ0) is 12.8. The van der Waals surface area contributed by atoms with Gasteiger partial charge in [-0.05, 0) is 57.8 Å². The van der Waals surface area contributed by atoms with E-state index in [4.69, 9.17) is 4.98 Å². The van der Waals surface area contributed by atoms with E-state index in [0.717, 1.165) is 11.2 Å². The van der Waals surface area contributed by atoms with Crippen LogP contribution in [0.15, 0.2) is 18.3 Å². The van der Waals surface area contributed by atoms with E-state index in [-0.39, 0.29) is 0 Å². The average Bonchev–Trinajstić information content (AvgIpc) is 2.92. The van der Waals surface area contributed by atoms with Crippen LogP contribution in [-0.4, -0.2) is 33.0 Å². The summed E-state index contributed by atoms with van der Waals surface area (Å²) >= 11 is 0. The molecule has 1 unspecified atom stereocenters. The van der Waals surface area contributed by atoms with Gasteiger partial charge in [-0.3, -0.25) is 4.90 Å². The lowest BCUT2D eigenvalue weighted by molar-refractivity contribution is 0.263. The number of hydrogen-bond acceptors (Lipinski definition) is 3. The summed E-state index contributed by atoms with van der Waals surface area (Å²) in [7, 11) is 2.22. The summed E-state index contributed by atoms with van der Waals surface area (Å²) in [6.07, 6.45) is 8.31. The topological polar surface area (TPSA) is 34.0 Å². The molecular weight excluding hydrogens is 236 g/mol. The van der Waals surface area contributed by atoms with Crippen molar-refractivity contribution < 1.29 is 0 Å². The molecule has 2 aromatic rings. The van der Waals surface area contributed by atoms with Crippen LogP contribution in [-0.2, 0) is 0 Å². The highest BCUT2D eigenvalue weighted by Crippen LogP contribution is 2.39. The minimum atomic E-state index is 0.481. The molecular formula is C15H20N4. The summed E-state index contributed by atoms with van der Waals surface area (Å²) in [5.41, 5.74) is 2.15. The molecule has 0 spiro atoms. The number of likely N-dealkylation sites (tertiary alicyclic amines) is 1. The zero-order valence-corrected chi connectivity index (χ0v) is 11.4. The van der Waals surface area contributed by atoms with Crippen molar-refractivity contribution in [1.29, 1.82) is 0 Å². The number of imidazole rings is 1. The lowest BCUT2D eigenvalue weighted by Crippen LogP contribution is -2.25. The molecule has 3 heterocycles. The van der Waals surface area contributed by atoms with E-state index < -0.39 is 0 Å². The summed E-state index contributed by atoms with van der Waals surface area (Å²) in [4.78, 5) is 11.9. The molecule has 0 bridgehead atoms. The first-order chi connectivity index (χ1) is 9.34. The highest BCUT2D eigenvalue weighted by atomic mass is 15.2. The Bertz CT molecular complexity index is 599. The molecule has 4 nitrogen and oxygen atoms in total. The minimum absolute atomic E-state index is 0.481. The van der Waals surface area contributed by atoms with Gasteiger partial charge in [-0.2, -0.15) is 0 Å². The number of rotatable bonds is 2. The maximum atomic E-state index is 4.91. The van der Waals surface area contributed by atoms with E-state index in [1.165, 1.54) is 44.5 Å². The molecule has 0 aromatic carbocycles. The lowest BCUT2D eigenvalue weighted by Gasteiger charge is -2.31. The van der Waals surface area contributed by atoms with Crippen LogP contribution in [0.4, 0.5) is 0 Å². The summed E-state index contributed by atoms with van der Waals surface area (Å²) in [6.45, 7) is 1.19. The number of pyridine rings is 1. The molecule has 2 aliphatic rings. The van der Waals surface area contributed by atoms with Gasteiger partial charge < -0.3 is 4.57 Å². The zero-order valence-electron chi connectivity index (χ0n) is 11.4. The molecule has 0 radical (unpaired) electrons. The molecule has 4 rings (SSSR count). The molecule has 19 heavy (non-hydrogen) atoms. The van der Waals surface area contributed by atoms with E-state index in [1.54, 1.807) is 0 Å². The van der Waals surface area contributed by atoms with Crippen LogP contribution in [0.25, 0.3) is 11.2 Å². The highest BCUT2D eigenvalue weighted by Gasteiger charge is 2.32. The molecule has 0 N–H and O–H groups in total. The molecule has 0 amide bonds. The van der Waals surface area contributed by atoms with Gasteiger partial charge in [0.1, 0.15) is 11.3 Å². The second-order valence-electron chi connectivity index (χ2n) is 5.91. The molecule has 1 atom stereocenters. The van der Waals surface area contributed by atoms with Crippen LogP contribution in [0.5, 0.6) is 0 Å². The lowest BCUT2D eigenvalue weighted by atomic mass is 9.92. The van der Waals surface area contributed by atoms with Gasteiger partial charge in [0.2, 0.25) is 0 Å². The van der Waals surface area contributed by atoms with Crippen LogP contribution in [0.3, 0.4) is 0 Å². The number of hydrogen-bond donors (Lipinski definition) is 0. The van der Waals surface area contributed by atoms with Gasteiger partial charge in [-0.1, -0.05) is 0 Å². The van der Waals surface area contributed by atoms with Crippen molar-refractivity contribution in [2.24, 2.45) is 0 Å². The molecule has 2 fully saturated rings. The third-order valence-electron chi connectivity index (χ3n) is 4.73. The van der Waals surface area contributed by atoms with Crippen LogP contribution >= 0.6 is 0 Å². The number of fused-ring (bicyclic) bond motifs is 1. The fourth-order valence-electron chi connectivity index (χ4n) is 3.42. The fraction of sp³-hybridized carbons (Fsp3) is 0.600. The van der Waals surface area contributed by atoms with E-state index in [9.17, 15) is 0 Å². The summed E-state index contributed by atoms with van der Waals surface area (Å²) < 4.78 is 2.44. The van der Waals surface area contributed by atoms with E-state index in [0.29, 0.717) is 12.1 Å². The second kappa shape index (κ2) is 4.30. The second-order valence-corrected chi connectivity index (χ2v) is 5.91. The van der Waals surface area contributed by atoms with Crippen molar-refractivity contribution >= 4 is 11.2 Å². The third-order valence-corrected chi connectivity index (χ3v) is 4.73. The van der Waals surface area contributed by atoms with Gasteiger partial charge in [-0.25, -0.2) is 9.97 Å². The quantitative estimate of drug-likeness (QED) is 0.828. The predicted octanol–water partition coefficient (Wildman–Crippen LogP) is 2.92. The van der Waals surface area contributed by atoms with Gasteiger partial charge in [0.15, 0.2) is 5.65 Å². The van der Waals surface area contributed by atoms with Crippen LogP contribution in [0.2, 0.25) is 0 Å². The summed E-state index contributed by atoms with van der Waals surface area (Å²) in [5, 5.41) is 0. The molecule has 4 heteroatoms. The molecule has 2 aromatic heterocycles. The predicted molar refractivity (Wildman–Crippen MR) is 75.0 cm³/mol. The van der Waals surface area contributed by atoms with Crippen molar-refractivity contribution in [2.75, 3.05) is 13.6 Å². The monoisotopic (exact) mass is 256 g/mol. The minimum Gasteiger partial charge on any atom is -0.308 e. The maximum Gasteiger partial charge on any atom is 0.160 e. The van der Waals surface area contributed by atoms with Gasteiger partial charge >= 0.3 is 0 Å². The Morgan fingerprint density at radius 3 is 2.79 bits per heavy atom. The van der Waals surface area contributed by atoms with Crippen molar-refractivity contribution in [3.8, 4) is 0 Å². The Labute approximate surface area is 113 Å². The van der Waals surface area contributed by atoms with Crippen molar-refractivity contribution in [3.05, 3.63) is 24.2 Å². The molecule has 1 saturated heterocycles. The Balaban J connectivity index is 1.88. The Morgan fingerprint density at radius 1 is 1.21 bits per heavy atom. The fourth-order valence-corrected chi connectivity index (χ4v) is 3.42. The first kappa shape index (κ1) is 11.4. The molecule has 100 valence electrons. The van der Waals surface area contributed by atoms with Crippen LogP contribution in [0, 0.1) is 0 Å².